The Labute approximate surface area is 115 Å². The van der Waals surface area contributed by atoms with Crippen LogP contribution >= 0.6 is 0 Å². The first-order valence-corrected chi connectivity index (χ1v) is 7.47. The predicted molar refractivity (Wildman–Crippen MR) is 71.5 cm³/mol. The van der Waals surface area contributed by atoms with Gasteiger partial charge in [-0.15, -0.1) is 0 Å². The number of carbonyl (C=O) groups excluding carboxylic acids is 1. The molecule has 0 radical (unpaired) electrons. The predicted octanol–water partition coefficient (Wildman–Crippen LogP) is 2.61. The van der Waals surface area contributed by atoms with Crippen LogP contribution in [-0.2, 0) is 19.0 Å². The summed E-state index contributed by atoms with van der Waals surface area (Å²) in [7, 11) is 0. The maximum absolute atomic E-state index is 12.4. The van der Waals surface area contributed by atoms with Crippen LogP contribution in [0, 0.1) is 23.7 Å². The zero-order valence-corrected chi connectivity index (χ0v) is 12.3. The highest BCUT2D eigenvalue weighted by molar-refractivity contribution is 5.73. The molecule has 110 valence electrons. The third-order valence-electron chi connectivity index (χ3n) is 4.36. The third-order valence-corrected chi connectivity index (χ3v) is 4.36. The molecule has 0 amide bonds. The third kappa shape index (κ3) is 3.93. The molecule has 2 rings (SSSR count). The minimum absolute atomic E-state index is 0.0225. The van der Waals surface area contributed by atoms with E-state index in [2.05, 4.69) is 20.8 Å². The van der Waals surface area contributed by atoms with Crippen molar-refractivity contribution in [2.75, 3.05) is 19.8 Å². The molecule has 0 N–H and O–H groups in total. The smallest absolute Gasteiger partial charge is 0.311 e. The van der Waals surface area contributed by atoms with Crippen LogP contribution in [0.4, 0.5) is 0 Å². The summed E-state index contributed by atoms with van der Waals surface area (Å²) in [4.78, 5) is 12.4. The monoisotopic (exact) mass is 270 g/mol. The molecule has 1 aliphatic heterocycles. The standard InChI is InChI=1S/C15H26O4/c1-10(2)12-5-4-11(3)8-13(12)15(16)19-14-9-17-6-7-18-14/h10-14H,4-9H2,1-3H3. The average molecular weight is 270 g/mol. The molecular weight excluding hydrogens is 244 g/mol. The number of esters is 1. The van der Waals surface area contributed by atoms with Gasteiger partial charge in [0, 0.05) is 0 Å². The first-order chi connectivity index (χ1) is 9.08. The summed E-state index contributed by atoms with van der Waals surface area (Å²) < 4.78 is 16.1. The van der Waals surface area contributed by atoms with Crippen molar-refractivity contribution in [2.45, 2.75) is 46.3 Å². The van der Waals surface area contributed by atoms with E-state index in [0.717, 1.165) is 12.8 Å². The largest absolute Gasteiger partial charge is 0.433 e. The Morgan fingerprint density at radius 2 is 2.05 bits per heavy atom. The number of carbonyl (C=O) groups is 1. The summed E-state index contributed by atoms with van der Waals surface area (Å²) in [5, 5.41) is 0. The average Bonchev–Trinajstić information content (AvgIpc) is 2.39. The van der Waals surface area contributed by atoms with Gasteiger partial charge in [0.15, 0.2) is 0 Å². The number of rotatable bonds is 3. The van der Waals surface area contributed by atoms with Crippen molar-refractivity contribution in [3.63, 3.8) is 0 Å². The fourth-order valence-corrected chi connectivity index (χ4v) is 3.22. The van der Waals surface area contributed by atoms with Gasteiger partial charge in [-0.2, -0.15) is 0 Å². The van der Waals surface area contributed by atoms with E-state index in [9.17, 15) is 4.79 Å². The van der Waals surface area contributed by atoms with Crippen LogP contribution in [0.3, 0.4) is 0 Å². The van der Waals surface area contributed by atoms with Gasteiger partial charge < -0.3 is 14.2 Å². The van der Waals surface area contributed by atoms with E-state index in [0.29, 0.717) is 37.6 Å². The second-order valence-electron chi connectivity index (χ2n) is 6.24. The van der Waals surface area contributed by atoms with Gasteiger partial charge in [-0.1, -0.05) is 27.2 Å². The molecule has 1 heterocycles. The molecule has 4 atom stereocenters. The Kier molecular flexibility index (Phi) is 5.22. The molecule has 4 nitrogen and oxygen atoms in total. The topological polar surface area (TPSA) is 44.8 Å². The maximum atomic E-state index is 12.4. The molecule has 1 aliphatic carbocycles. The lowest BCUT2D eigenvalue weighted by atomic mass is 9.70. The summed E-state index contributed by atoms with van der Waals surface area (Å²) in [6, 6.07) is 0. The Morgan fingerprint density at radius 1 is 1.26 bits per heavy atom. The quantitative estimate of drug-likeness (QED) is 0.739. The molecule has 0 spiro atoms. The molecule has 2 fully saturated rings. The number of ether oxygens (including phenoxy) is 3. The van der Waals surface area contributed by atoms with Crippen molar-refractivity contribution in [1.29, 1.82) is 0 Å². The van der Waals surface area contributed by atoms with Crippen molar-refractivity contribution in [2.24, 2.45) is 23.7 Å². The van der Waals surface area contributed by atoms with Crippen LogP contribution in [0.15, 0.2) is 0 Å². The lowest BCUT2D eigenvalue weighted by molar-refractivity contribution is -0.219. The van der Waals surface area contributed by atoms with Gasteiger partial charge in [0.25, 0.3) is 0 Å². The molecule has 0 aromatic heterocycles. The highest BCUT2D eigenvalue weighted by atomic mass is 16.7. The summed E-state index contributed by atoms with van der Waals surface area (Å²) in [6.45, 7) is 8.06. The van der Waals surface area contributed by atoms with E-state index in [1.807, 2.05) is 0 Å². The van der Waals surface area contributed by atoms with Crippen LogP contribution in [0.25, 0.3) is 0 Å². The van der Waals surface area contributed by atoms with E-state index < -0.39 is 6.29 Å². The maximum Gasteiger partial charge on any atom is 0.311 e. The van der Waals surface area contributed by atoms with Crippen molar-refractivity contribution in [3.05, 3.63) is 0 Å². The molecule has 19 heavy (non-hydrogen) atoms. The highest BCUT2D eigenvalue weighted by Crippen LogP contribution is 2.38. The van der Waals surface area contributed by atoms with Crippen LogP contribution in [0.1, 0.15) is 40.0 Å². The van der Waals surface area contributed by atoms with Crippen molar-refractivity contribution >= 4 is 5.97 Å². The molecule has 2 aliphatic rings. The number of hydrogen-bond acceptors (Lipinski definition) is 4. The van der Waals surface area contributed by atoms with Gasteiger partial charge in [0.1, 0.15) is 6.61 Å². The lowest BCUT2D eigenvalue weighted by Gasteiger charge is -2.36. The molecule has 0 bridgehead atoms. The molecule has 4 heteroatoms. The summed E-state index contributed by atoms with van der Waals surface area (Å²) >= 11 is 0. The SMILES string of the molecule is CC1CCC(C(C)C)C(C(=O)OC2COCCO2)C1. The van der Waals surface area contributed by atoms with Crippen LogP contribution < -0.4 is 0 Å². The summed E-state index contributed by atoms with van der Waals surface area (Å²) in [5.41, 5.74) is 0. The Bertz CT molecular complexity index is 297. The van der Waals surface area contributed by atoms with Crippen molar-refractivity contribution < 1.29 is 19.0 Å². The molecular formula is C15H26O4. The Hall–Kier alpha value is -0.610. The molecule has 1 saturated heterocycles. The molecule has 1 saturated carbocycles. The minimum atomic E-state index is -0.508. The molecule has 0 aromatic carbocycles. The second kappa shape index (κ2) is 6.71. The van der Waals surface area contributed by atoms with E-state index in [1.165, 1.54) is 6.42 Å². The van der Waals surface area contributed by atoms with Gasteiger partial charge in [-0.3, -0.25) is 4.79 Å². The van der Waals surface area contributed by atoms with Gasteiger partial charge in [-0.05, 0) is 30.6 Å². The van der Waals surface area contributed by atoms with E-state index in [4.69, 9.17) is 14.2 Å². The van der Waals surface area contributed by atoms with Gasteiger partial charge in [0.2, 0.25) is 6.29 Å². The van der Waals surface area contributed by atoms with Crippen molar-refractivity contribution in [3.8, 4) is 0 Å². The van der Waals surface area contributed by atoms with Crippen LogP contribution in [0.2, 0.25) is 0 Å². The number of hydrogen-bond donors (Lipinski definition) is 0. The van der Waals surface area contributed by atoms with Crippen LogP contribution in [-0.4, -0.2) is 32.1 Å². The first kappa shape index (κ1) is 14.8. The normalized spacial score (nSPS) is 36.2. The van der Waals surface area contributed by atoms with E-state index >= 15 is 0 Å². The minimum Gasteiger partial charge on any atom is -0.433 e. The lowest BCUT2D eigenvalue weighted by Crippen LogP contribution is -2.39. The summed E-state index contributed by atoms with van der Waals surface area (Å²) in [5.74, 6) is 1.49. The molecule has 4 unspecified atom stereocenters. The van der Waals surface area contributed by atoms with Gasteiger partial charge in [0.05, 0.1) is 19.1 Å². The Balaban J connectivity index is 1.93. The zero-order valence-electron chi connectivity index (χ0n) is 12.3. The van der Waals surface area contributed by atoms with Crippen LogP contribution in [0.5, 0.6) is 0 Å². The summed E-state index contributed by atoms with van der Waals surface area (Å²) in [6.07, 6.45) is 2.78. The van der Waals surface area contributed by atoms with Gasteiger partial charge >= 0.3 is 5.97 Å². The fourth-order valence-electron chi connectivity index (χ4n) is 3.22. The Morgan fingerprint density at radius 3 is 2.68 bits per heavy atom. The first-order valence-electron chi connectivity index (χ1n) is 7.47. The van der Waals surface area contributed by atoms with Gasteiger partial charge in [-0.25, -0.2) is 0 Å². The zero-order chi connectivity index (χ0) is 13.8. The van der Waals surface area contributed by atoms with Crippen molar-refractivity contribution in [1.82, 2.24) is 0 Å². The highest BCUT2D eigenvalue weighted by Gasteiger charge is 2.37. The molecule has 0 aromatic rings. The second-order valence-corrected chi connectivity index (χ2v) is 6.24. The fraction of sp³-hybridized carbons (Fsp3) is 0.933. The van der Waals surface area contributed by atoms with E-state index in [1.54, 1.807) is 0 Å². The van der Waals surface area contributed by atoms with E-state index in [-0.39, 0.29) is 11.9 Å².